The summed E-state index contributed by atoms with van der Waals surface area (Å²) in [5, 5.41) is 0. The summed E-state index contributed by atoms with van der Waals surface area (Å²) in [6.45, 7) is 6.43. The zero-order valence-corrected chi connectivity index (χ0v) is 24.8. The number of hydrogen-bond donors (Lipinski definition) is 0. The molecule has 8 nitrogen and oxygen atoms in total. The maximum absolute atomic E-state index is 13.5. The van der Waals surface area contributed by atoms with E-state index in [-0.39, 0.29) is 0 Å². The van der Waals surface area contributed by atoms with Crippen molar-refractivity contribution >= 4 is 43.1 Å². The molecule has 0 bridgehead atoms. The summed E-state index contributed by atoms with van der Waals surface area (Å²) in [4.78, 5) is 50.6. The van der Waals surface area contributed by atoms with E-state index in [4.69, 9.17) is 15.6 Å². The van der Waals surface area contributed by atoms with Crippen LogP contribution in [0.25, 0.3) is 0 Å². The zero-order chi connectivity index (χ0) is 27.3. The van der Waals surface area contributed by atoms with E-state index in [9.17, 15) is 19.2 Å². The van der Waals surface area contributed by atoms with Crippen molar-refractivity contribution in [2.24, 2.45) is 0 Å². The molecule has 0 aromatic heterocycles. The fourth-order valence-corrected chi connectivity index (χ4v) is 13.6. The third-order valence-electron chi connectivity index (χ3n) is 5.60. The molecule has 0 saturated heterocycles. The molecule has 9 heteroatoms. The van der Waals surface area contributed by atoms with Crippen molar-refractivity contribution in [1.29, 1.82) is 0 Å². The molecule has 37 heavy (non-hydrogen) atoms. The van der Waals surface area contributed by atoms with Gasteiger partial charge in [-0.05, 0) is 0 Å². The van der Waals surface area contributed by atoms with Crippen LogP contribution in [0.1, 0.15) is 76.7 Å². The Labute approximate surface area is 223 Å². The number of hydrogen-bond acceptors (Lipinski definition) is 8. The molecule has 200 valence electrons. The minimum atomic E-state index is -4.51. The van der Waals surface area contributed by atoms with E-state index in [2.05, 4.69) is 0 Å². The van der Waals surface area contributed by atoms with Gasteiger partial charge in [-0.25, -0.2) is 0 Å². The van der Waals surface area contributed by atoms with Gasteiger partial charge in [0.25, 0.3) is 0 Å². The summed E-state index contributed by atoms with van der Waals surface area (Å²) in [5.74, 6) is -2.80. The quantitative estimate of drug-likeness (QED) is 0.195. The van der Waals surface area contributed by atoms with Crippen molar-refractivity contribution in [2.75, 3.05) is 0 Å². The molecular formula is C28H36O8Sn. The molecule has 0 unspecified atom stereocenters. The summed E-state index contributed by atoms with van der Waals surface area (Å²) in [6, 6.07) is 17.2. The Morgan fingerprint density at radius 3 is 1.30 bits per heavy atom. The van der Waals surface area contributed by atoms with Crippen LogP contribution in [0.2, 0.25) is 8.87 Å². The van der Waals surface area contributed by atoms with Gasteiger partial charge in [0.1, 0.15) is 0 Å². The average molecular weight is 619 g/mol. The Bertz CT molecular complexity index is 941. The van der Waals surface area contributed by atoms with Crippen LogP contribution in [-0.2, 0) is 34.8 Å². The summed E-state index contributed by atoms with van der Waals surface area (Å²) < 4.78 is 23.8. The van der Waals surface area contributed by atoms with Crippen LogP contribution >= 0.6 is 0 Å². The molecular weight excluding hydrogens is 583 g/mol. The van der Waals surface area contributed by atoms with E-state index in [0.717, 1.165) is 12.8 Å². The van der Waals surface area contributed by atoms with Crippen LogP contribution in [0.3, 0.4) is 0 Å². The van der Waals surface area contributed by atoms with Gasteiger partial charge in [0.15, 0.2) is 0 Å². The van der Waals surface area contributed by atoms with Gasteiger partial charge >= 0.3 is 224 Å². The monoisotopic (exact) mass is 620 g/mol. The van der Waals surface area contributed by atoms with Crippen LogP contribution in [0.5, 0.6) is 0 Å². The standard InChI is InChI=1S/2C10H10O4.2C4H9.Sn/c2*1-7(11)14-9(10(12)13)8-5-3-2-4-6-8;2*1-3-4-2;/h2*2-6,9H,1H3,(H,12,13);2*1,3-4H2,2H3;/q;;;;+2/p-2/t2*9-;;;/m10.../s1. The topological polar surface area (TPSA) is 105 Å². The number of esters is 2. The Balaban J connectivity index is 2.44. The first kappa shape index (κ1) is 30.3. The molecule has 0 fully saturated rings. The zero-order valence-electron chi connectivity index (χ0n) is 21.9. The number of carbonyl (C=O) groups excluding carboxylic acids is 4. The molecule has 0 saturated carbocycles. The number of ether oxygens (including phenoxy) is 2. The van der Waals surface area contributed by atoms with E-state index < -0.39 is 55.3 Å². The molecule has 2 atom stereocenters. The van der Waals surface area contributed by atoms with E-state index >= 15 is 0 Å². The molecule has 0 aliphatic heterocycles. The first-order chi connectivity index (χ1) is 17.7. The van der Waals surface area contributed by atoms with Gasteiger partial charge in [0, 0.05) is 0 Å². The molecule has 0 aliphatic carbocycles. The van der Waals surface area contributed by atoms with Crippen molar-refractivity contribution in [2.45, 2.75) is 74.5 Å². The third-order valence-corrected chi connectivity index (χ3v) is 15.2. The third kappa shape index (κ3) is 9.83. The van der Waals surface area contributed by atoms with Gasteiger partial charge in [0.2, 0.25) is 0 Å². The average Bonchev–Trinajstić information content (AvgIpc) is 2.88. The normalized spacial score (nSPS) is 12.6. The van der Waals surface area contributed by atoms with Crippen molar-refractivity contribution in [3.05, 3.63) is 71.8 Å². The fraction of sp³-hybridized carbons (Fsp3) is 0.429. The molecule has 2 aromatic carbocycles. The van der Waals surface area contributed by atoms with Gasteiger partial charge < -0.3 is 0 Å². The van der Waals surface area contributed by atoms with Crippen LogP contribution in [0, 0.1) is 0 Å². The minimum absolute atomic E-state index is 0.436. The van der Waals surface area contributed by atoms with E-state index in [0.29, 0.717) is 32.8 Å². The predicted molar refractivity (Wildman–Crippen MR) is 139 cm³/mol. The first-order valence-corrected chi connectivity index (χ1v) is 19.0. The summed E-state index contributed by atoms with van der Waals surface area (Å²) in [6.07, 6.45) is 0.419. The molecule has 0 N–H and O–H groups in total. The SMILES string of the molecule is CCC[CH2][Sn]([CH2]CCC)([O]C(=O)[C@@H](OC(C)=O)c1ccccc1)[O]C(=O)[C@H](OC(C)=O)c1ccccc1. The Morgan fingerprint density at radius 2 is 1.00 bits per heavy atom. The second-order valence-electron chi connectivity index (χ2n) is 8.76. The molecule has 0 radical (unpaired) electrons. The van der Waals surface area contributed by atoms with Gasteiger partial charge in [-0.3, -0.25) is 0 Å². The van der Waals surface area contributed by atoms with Crippen LogP contribution in [0.4, 0.5) is 0 Å². The Hall–Kier alpha value is -2.88. The van der Waals surface area contributed by atoms with Crippen LogP contribution < -0.4 is 0 Å². The molecule has 2 rings (SSSR count). The first-order valence-electron chi connectivity index (χ1n) is 12.6. The van der Waals surface area contributed by atoms with Gasteiger partial charge in [0.05, 0.1) is 0 Å². The molecule has 2 aromatic rings. The molecule has 0 spiro atoms. The summed E-state index contributed by atoms with van der Waals surface area (Å²) in [7, 11) is 0. The predicted octanol–water partition coefficient (Wildman–Crippen LogP) is 5.72. The van der Waals surface area contributed by atoms with Gasteiger partial charge in [-0.2, -0.15) is 0 Å². The van der Waals surface area contributed by atoms with E-state index in [1.165, 1.54) is 13.8 Å². The van der Waals surface area contributed by atoms with Crippen LogP contribution in [0.15, 0.2) is 60.7 Å². The summed E-state index contributed by atoms with van der Waals surface area (Å²) >= 11 is -4.51. The second kappa shape index (κ2) is 15.4. The number of rotatable bonds is 14. The number of benzene rings is 2. The van der Waals surface area contributed by atoms with Crippen molar-refractivity contribution in [3.63, 3.8) is 0 Å². The Kier molecular flexibility index (Phi) is 12.6. The van der Waals surface area contributed by atoms with Gasteiger partial charge in [-0.15, -0.1) is 0 Å². The van der Waals surface area contributed by atoms with Crippen molar-refractivity contribution in [3.8, 4) is 0 Å². The van der Waals surface area contributed by atoms with Crippen molar-refractivity contribution < 1.29 is 34.8 Å². The number of carbonyl (C=O) groups is 4. The van der Waals surface area contributed by atoms with E-state index in [1.807, 2.05) is 13.8 Å². The van der Waals surface area contributed by atoms with Gasteiger partial charge in [-0.1, -0.05) is 0 Å². The van der Waals surface area contributed by atoms with Crippen molar-refractivity contribution in [1.82, 2.24) is 0 Å². The Morgan fingerprint density at radius 1 is 0.649 bits per heavy atom. The fourth-order valence-electron chi connectivity index (χ4n) is 3.81. The summed E-state index contributed by atoms with van der Waals surface area (Å²) in [5.41, 5.74) is 0.921. The van der Waals surface area contributed by atoms with Crippen LogP contribution in [-0.4, -0.2) is 43.1 Å². The molecule has 0 heterocycles. The van der Waals surface area contributed by atoms with E-state index in [1.54, 1.807) is 60.7 Å². The second-order valence-corrected chi connectivity index (χ2v) is 18.0. The molecule has 0 amide bonds. The maximum atomic E-state index is 13.5. The molecule has 0 aliphatic rings. The number of unbranched alkanes of at least 4 members (excludes halogenated alkanes) is 2.